The van der Waals surface area contributed by atoms with Gasteiger partial charge in [-0.1, -0.05) is 6.42 Å². The zero-order valence-electron chi connectivity index (χ0n) is 11.8. The molecule has 0 bridgehead atoms. The van der Waals surface area contributed by atoms with Crippen molar-refractivity contribution in [2.75, 3.05) is 13.7 Å². The van der Waals surface area contributed by atoms with E-state index >= 15 is 0 Å². The maximum absolute atomic E-state index is 9.60. The average molecular weight is 245 g/mol. The number of ether oxygens (including phenoxy) is 2. The van der Waals surface area contributed by atoms with Crippen molar-refractivity contribution in [2.24, 2.45) is 0 Å². The Kier molecular flexibility index (Phi) is 8.17. The van der Waals surface area contributed by atoms with Gasteiger partial charge in [0.2, 0.25) is 0 Å². The maximum atomic E-state index is 9.60. The Morgan fingerprint density at radius 3 is 2.29 bits per heavy atom. The number of hydrogen-bond acceptors (Lipinski definition) is 4. The van der Waals surface area contributed by atoms with Crippen LogP contribution in [0, 0.1) is 0 Å². The number of piperidine rings is 1. The van der Waals surface area contributed by atoms with Crippen LogP contribution >= 0.6 is 0 Å². The predicted octanol–water partition coefficient (Wildman–Crippen LogP) is 2.12. The lowest BCUT2D eigenvalue weighted by Crippen LogP contribution is -2.42. The molecule has 2 unspecified atom stereocenters. The van der Waals surface area contributed by atoms with Crippen molar-refractivity contribution in [3.05, 3.63) is 0 Å². The van der Waals surface area contributed by atoms with E-state index in [0.29, 0.717) is 18.6 Å². The highest BCUT2D eigenvalue weighted by molar-refractivity contribution is 5.37. The standard InChI is InChI=1S/C8H17NO.C5H10O2/c1-7(10-2)8-5-3-4-6-9-8;1-5(2,3)7-4-6/h7-9H,3-6H2,1-2H3;4H,1-3H3. The first kappa shape index (κ1) is 16.4. The van der Waals surface area contributed by atoms with Gasteiger partial charge in [-0.15, -0.1) is 0 Å². The van der Waals surface area contributed by atoms with Crippen LogP contribution in [0.4, 0.5) is 0 Å². The van der Waals surface area contributed by atoms with Crippen LogP contribution in [0.5, 0.6) is 0 Å². The molecular formula is C13H27NO3. The van der Waals surface area contributed by atoms with Crippen LogP contribution in [0.2, 0.25) is 0 Å². The van der Waals surface area contributed by atoms with Crippen LogP contribution in [0.15, 0.2) is 0 Å². The molecule has 0 spiro atoms. The highest BCUT2D eigenvalue weighted by Gasteiger charge is 2.18. The lowest BCUT2D eigenvalue weighted by molar-refractivity contribution is -0.138. The monoisotopic (exact) mass is 245 g/mol. The topological polar surface area (TPSA) is 47.6 Å². The minimum atomic E-state index is -0.318. The largest absolute Gasteiger partial charge is 0.462 e. The fourth-order valence-electron chi connectivity index (χ4n) is 1.59. The van der Waals surface area contributed by atoms with Crippen molar-refractivity contribution in [2.45, 2.75) is 64.7 Å². The maximum Gasteiger partial charge on any atom is 0.293 e. The highest BCUT2D eigenvalue weighted by Crippen LogP contribution is 2.11. The summed E-state index contributed by atoms with van der Waals surface area (Å²) in [6, 6.07) is 0.596. The van der Waals surface area contributed by atoms with Gasteiger partial charge in [-0.05, 0) is 47.1 Å². The summed E-state index contributed by atoms with van der Waals surface area (Å²) in [7, 11) is 1.78. The normalized spacial score (nSPS) is 22.1. The SMILES string of the molecule is CC(C)(C)OC=O.COC(C)C1CCCCN1. The molecule has 1 aliphatic rings. The Morgan fingerprint density at radius 2 is 2.00 bits per heavy atom. The molecule has 4 heteroatoms. The number of nitrogens with one attached hydrogen (secondary N) is 1. The summed E-state index contributed by atoms with van der Waals surface area (Å²) in [6.45, 7) is 9.21. The van der Waals surface area contributed by atoms with E-state index in [-0.39, 0.29) is 5.60 Å². The van der Waals surface area contributed by atoms with E-state index in [4.69, 9.17) is 4.74 Å². The van der Waals surface area contributed by atoms with Gasteiger partial charge in [0.05, 0.1) is 6.10 Å². The van der Waals surface area contributed by atoms with E-state index in [1.165, 1.54) is 25.8 Å². The minimum absolute atomic E-state index is 0.318. The summed E-state index contributed by atoms with van der Waals surface area (Å²) in [5.41, 5.74) is -0.318. The van der Waals surface area contributed by atoms with Crippen molar-refractivity contribution in [1.82, 2.24) is 5.32 Å². The molecule has 102 valence electrons. The lowest BCUT2D eigenvalue weighted by atomic mass is 10.0. The molecule has 1 heterocycles. The molecule has 1 rings (SSSR count). The Bertz CT molecular complexity index is 195. The second-order valence-electron chi connectivity index (χ2n) is 5.32. The van der Waals surface area contributed by atoms with Gasteiger partial charge in [-0.25, -0.2) is 0 Å². The number of methoxy groups -OCH3 is 1. The Labute approximate surface area is 105 Å². The van der Waals surface area contributed by atoms with Crippen LogP contribution in [0.1, 0.15) is 47.0 Å². The quantitative estimate of drug-likeness (QED) is 0.774. The molecular weight excluding hydrogens is 218 g/mol. The van der Waals surface area contributed by atoms with E-state index in [1.54, 1.807) is 7.11 Å². The average Bonchev–Trinajstić information content (AvgIpc) is 2.28. The molecule has 0 aromatic rings. The third-order valence-electron chi connectivity index (χ3n) is 2.69. The smallest absolute Gasteiger partial charge is 0.293 e. The Balaban J connectivity index is 0.000000325. The molecule has 2 atom stereocenters. The highest BCUT2D eigenvalue weighted by atomic mass is 16.5. The number of hydrogen-bond donors (Lipinski definition) is 1. The third-order valence-corrected chi connectivity index (χ3v) is 2.69. The van der Waals surface area contributed by atoms with Gasteiger partial charge in [-0.3, -0.25) is 4.79 Å². The number of rotatable bonds is 3. The van der Waals surface area contributed by atoms with Crippen molar-refractivity contribution in [3.63, 3.8) is 0 Å². The summed E-state index contributed by atoms with van der Waals surface area (Å²) in [5.74, 6) is 0. The van der Waals surface area contributed by atoms with Crippen LogP contribution in [-0.2, 0) is 14.3 Å². The first-order chi connectivity index (χ1) is 7.90. The fourth-order valence-corrected chi connectivity index (χ4v) is 1.59. The lowest BCUT2D eigenvalue weighted by Gasteiger charge is -2.27. The number of carbonyl (C=O) groups is 1. The Hall–Kier alpha value is -0.610. The van der Waals surface area contributed by atoms with Crippen LogP contribution in [0.25, 0.3) is 0 Å². The van der Waals surface area contributed by atoms with Gasteiger partial charge in [-0.2, -0.15) is 0 Å². The van der Waals surface area contributed by atoms with Crippen LogP contribution < -0.4 is 5.32 Å². The zero-order chi connectivity index (χ0) is 13.3. The first-order valence-electron chi connectivity index (χ1n) is 6.28. The van der Waals surface area contributed by atoms with Gasteiger partial charge >= 0.3 is 0 Å². The van der Waals surface area contributed by atoms with Crippen molar-refractivity contribution < 1.29 is 14.3 Å². The molecule has 1 fully saturated rings. The van der Waals surface area contributed by atoms with Gasteiger partial charge in [0.15, 0.2) is 0 Å². The van der Waals surface area contributed by atoms with E-state index in [0.717, 1.165) is 0 Å². The van der Waals surface area contributed by atoms with Gasteiger partial charge in [0, 0.05) is 13.2 Å². The summed E-state index contributed by atoms with van der Waals surface area (Å²) in [6.07, 6.45) is 4.33. The van der Waals surface area contributed by atoms with E-state index < -0.39 is 0 Å². The van der Waals surface area contributed by atoms with E-state index in [1.807, 2.05) is 20.8 Å². The third kappa shape index (κ3) is 9.12. The molecule has 0 aromatic carbocycles. The van der Waals surface area contributed by atoms with E-state index in [9.17, 15) is 4.79 Å². The molecule has 1 N–H and O–H groups in total. The molecule has 0 aliphatic carbocycles. The number of carbonyl (C=O) groups excluding carboxylic acids is 1. The van der Waals surface area contributed by atoms with Crippen molar-refractivity contribution >= 4 is 6.47 Å². The van der Waals surface area contributed by atoms with Crippen LogP contribution in [-0.4, -0.2) is 37.9 Å². The second-order valence-corrected chi connectivity index (χ2v) is 5.32. The van der Waals surface area contributed by atoms with Gasteiger partial charge in [0.25, 0.3) is 6.47 Å². The van der Waals surface area contributed by atoms with Gasteiger partial charge < -0.3 is 14.8 Å². The molecule has 0 aromatic heterocycles. The predicted molar refractivity (Wildman–Crippen MR) is 69.0 cm³/mol. The van der Waals surface area contributed by atoms with Crippen molar-refractivity contribution in [3.8, 4) is 0 Å². The fraction of sp³-hybridized carbons (Fsp3) is 0.923. The zero-order valence-corrected chi connectivity index (χ0v) is 11.8. The molecule has 1 saturated heterocycles. The minimum Gasteiger partial charge on any atom is -0.462 e. The summed E-state index contributed by atoms with van der Waals surface area (Å²) in [5, 5.41) is 3.44. The molecule has 17 heavy (non-hydrogen) atoms. The summed E-state index contributed by atoms with van der Waals surface area (Å²) >= 11 is 0. The molecule has 1 aliphatic heterocycles. The Morgan fingerprint density at radius 1 is 1.35 bits per heavy atom. The molecule has 4 nitrogen and oxygen atoms in total. The molecule has 0 radical (unpaired) electrons. The van der Waals surface area contributed by atoms with Gasteiger partial charge in [0.1, 0.15) is 5.60 Å². The second kappa shape index (κ2) is 8.48. The summed E-state index contributed by atoms with van der Waals surface area (Å²) in [4.78, 5) is 9.60. The molecule has 0 saturated carbocycles. The summed E-state index contributed by atoms with van der Waals surface area (Å²) < 4.78 is 9.78. The molecule has 0 amide bonds. The van der Waals surface area contributed by atoms with E-state index in [2.05, 4.69) is 17.0 Å². The first-order valence-corrected chi connectivity index (χ1v) is 6.28. The van der Waals surface area contributed by atoms with Crippen molar-refractivity contribution in [1.29, 1.82) is 0 Å². The van der Waals surface area contributed by atoms with Crippen LogP contribution in [0.3, 0.4) is 0 Å².